The fraction of sp³-hybridized carbons (Fsp3) is 0.640. The van der Waals surface area contributed by atoms with Gasteiger partial charge in [-0.15, -0.1) is 0 Å². The van der Waals surface area contributed by atoms with Crippen LogP contribution in [0.15, 0.2) is 30.3 Å². The maximum atomic E-state index is 13.3. The van der Waals surface area contributed by atoms with Gasteiger partial charge in [-0.05, 0) is 55.4 Å². The lowest BCUT2D eigenvalue weighted by atomic mass is 10.0. The third kappa shape index (κ3) is 5.14. The maximum absolute atomic E-state index is 13.3. The Kier molecular flexibility index (Phi) is 6.19. The topological polar surface area (TPSA) is 82.1 Å². The van der Waals surface area contributed by atoms with Crippen LogP contribution in [-0.2, 0) is 19.0 Å². The van der Waals surface area contributed by atoms with Crippen molar-refractivity contribution in [3.05, 3.63) is 35.9 Å². The zero-order valence-corrected chi connectivity index (χ0v) is 20.3. The van der Waals surface area contributed by atoms with Gasteiger partial charge in [-0.3, -0.25) is 14.5 Å². The molecule has 32 heavy (non-hydrogen) atoms. The fourth-order valence-corrected chi connectivity index (χ4v) is 4.40. The Morgan fingerprint density at radius 1 is 0.938 bits per heavy atom. The van der Waals surface area contributed by atoms with Crippen LogP contribution in [0, 0.1) is 17.8 Å². The van der Waals surface area contributed by atoms with E-state index in [1.54, 1.807) is 84.6 Å². The van der Waals surface area contributed by atoms with Crippen molar-refractivity contribution >= 4 is 17.8 Å². The average molecular weight is 446 g/mol. The van der Waals surface area contributed by atoms with Crippen molar-refractivity contribution < 1.29 is 28.6 Å². The largest absolute Gasteiger partial charge is 0.460 e. The third-order valence-corrected chi connectivity index (χ3v) is 5.67. The van der Waals surface area contributed by atoms with Crippen LogP contribution >= 0.6 is 0 Å². The summed E-state index contributed by atoms with van der Waals surface area (Å²) >= 11 is 0. The van der Waals surface area contributed by atoms with Gasteiger partial charge in [0.05, 0.1) is 18.6 Å². The summed E-state index contributed by atoms with van der Waals surface area (Å²) in [5.41, 5.74) is -1.75. The van der Waals surface area contributed by atoms with Crippen LogP contribution in [0.5, 0.6) is 0 Å². The second-order valence-electron chi connectivity index (χ2n) is 11.1. The van der Waals surface area contributed by atoms with Gasteiger partial charge in [-0.25, -0.2) is 4.79 Å². The fourth-order valence-electron chi connectivity index (χ4n) is 4.40. The summed E-state index contributed by atoms with van der Waals surface area (Å²) in [5, 5.41) is 0. The summed E-state index contributed by atoms with van der Waals surface area (Å²) in [6, 6.07) is 8.43. The molecule has 1 saturated carbocycles. The van der Waals surface area contributed by atoms with E-state index >= 15 is 0 Å². The van der Waals surface area contributed by atoms with Crippen molar-refractivity contribution in [1.29, 1.82) is 0 Å². The molecule has 2 aliphatic rings. The van der Waals surface area contributed by atoms with Crippen LogP contribution in [0.4, 0.5) is 4.79 Å². The number of benzene rings is 1. The molecule has 1 amide bonds. The van der Waals surface area contributed by atoms with E-state index in [1.807, 2.05) is 6.07 Å². The lowest BCUT2D eigenvalue weighted by Gasteiger charge is -2.35. The molecule has 0 unspecified atom stereocenters. The zero-order chi connectivity index (χ0) is 24.1. The molecule has 0 bridgehead atoms. The van der Waals surface area contributed by atoms with Gasteiger partial charge in [0.2, 0.25) is 0 Å². The van der Waals surface area contributed by atoms with Gasteiger partial charge in [-0.2, -0.15) is 0 Å². The molecule has 1 aromatic rings. The van der Waals surface area contributed by atoms with E-state index in [1.165, 1.54) is 0 Å². The molecular weight excluding hydrogens is 410 g/mol. The molecule has 7 nitrogen and oxygen atoms in total. The van der Waals surface area contributed by atoms with E-state index in [9.17, 15) is 14.4 Å². The molecule has 1 heterocycles. The van der Waals surface area contributed by atoms with E-state index in [0.717, 1.165) is 0 Å². The predicted octanol–water partition coefficient (Wildman–Crippen LogP) is 4.45. The Hall–Kier alpha value is -2.41. The number of ketones is 1. The number of rotatable bonds is 4. The quantitative estimate of drug-likeness (QED) is 0.503. The molecule has 0 aromatic heterocycles. The molecular formula is C25H35NO6. The average Bonchev–Trinajstić information content (AvgIpc) is 3.29. The molecule has 4 atom stereocenters. The summed E-state index contributed by atoms with van der Waals surface area (Å²) in [6.45, 7) is 14.6. The highest BCUT2D eigenvalue weighted by Gasteiger charge is 2.67. The molecule has 1 saturated heterocycles. The van der Waals surface area contributed by atoms with E-state index in [2.05, 4.69) is 0 Å². The van der Waals surface area contributed by atoms with Gasteiger partial charge in [0.25, 0.3) is 0 Å². The summed E-state index contributed by atoms with van der Waals surface area (Å²) < 4.78 is 17.2. The van der Waals surface area contributed by atoms with Crippen LogP contribution < -0.4 is 0 Å². The first-order chi connectivity index (χ1) is 14.6. The highest BCUT2D eigenvalue weighted by Crippen LogP contribution is 2.55. The van der Waals surface area contributed by atoms with Crippen LogP contribution in [0.25, 0.3) is 0 Å². The molecule has 1 aromatic carbocycles. The second-order valence-corrected chi connectivity index (χ2v) is 11.1. The Labute approximate surface area is 190 Å². The number of nitrogens with zero attached hydrogens (tertiary/aromatic N) is 1. The summed E-state index contributed by atoms with van der Waals surface area (Å²) in [4.78, 5) is 41.0. The van der Waals surface area contributed by atoms with Gasteiger partial charge in [-0.1, -0.05) is 30.3 Å². The molecule has 0 N–H and O–H groups in total. The number of carbonyl (C=O) groups is 3. The number of Topliss-reactive ketones (excluding diaryl/α,β-unsaturated/α-hetero) is 1. The van der Waals surface area contributed by atoms with Crippen molar-refractivity contribution in [3.8, 4) is 0 Å². The smallest absolute Gasteiger partial charge is 0.412 e. The Balaban J connectivity index is 1.93. The number of hydrogen-bond donors (Lipinski definition) is 0. The van der Waals surface area contributed by atoms with Crippen molar-refractivity contribution in [2.24, 2.45) is 17.8 Å². The molecule has 176 valence electrons. The molecule has 7 heteroatoms. The first-order valence-electron chi connectivity index (χ1n) is 11.1. The Bertz CT molecular complexity index is 880. The van der Waals surface area contributed by atoms with Crippen LogP contribution in [0.3, 0.4) is 0 Å². The van der Waals surface area contributed by atoms with Crippen LogP contribution in [-0.4, -0.2) is 52.3 Å². The summed E-state index contributed by atoms with van der Waals surface area (Å²) in [5.74, 6) is -2.19. The summed E-state index contributed by atoms with van der Waals surface area (Å²) in [6.07, 6.45) is -0.522. The highest BCUT2D eigenvalue weighted by atomic mass is 16.6. The minimum absolute atomic E-state index is 0.125. The molecule has 0 spiro atoms. The van der Waals surface area contributed by atoms with Crippen molar-refractivity contribution in [2.45, 2.75) is 78.4 Å². The SMILES string of the molecule is CC(C)(C)OC(=O)[C@@H]1[C@@H](C(=O)c2ccccc2)[C@H]1[C@@H]1COC(C)(C)N1C(=O)OC(C)(C)C. The Morgan fingerprint density at radius 3 is 2.03 bits per heavy atom. The highest BCUT2D eigenvalue weighted by molar-refractivity contribution is 6.03. The minimum atomic E-state index is -0.922. The lowest BCUT2D eigenvalue weighted by molar-refractivity contribution is -0.157. The molecule has 1 aliphatic carbocycles. The molecule has 3 rings (SSSR count). The van der Waals surface area contributed by atoms with E-state index in [0.29, 0.717) is 5.56 Å². The summed E-state index contributed by atoms with van der Waals surface area (Å²) in [7, 11) is 0. The molecule has 1 aliphatic heterocycles. The van der Waals surface area contributed by atoms with Crippen molar-refractivity contribution in [2.75, 3.05) is 6.61 Å². The van der Waals surface area contributed by atoms with Gasteiger partial charge in [0.15, 0.2) is 5.78 Å². The lowest BCUT2D eigenvalue weighted by Crippen LogP contribution is -2.51. The van der Waals surface area contributed by atoms with E-state index in [-0.39, 0.29) is 12.4 Å². The predicted molar refractivity (Wildman–Crippen MR) is 119 cm³/mol. The number of esters is 1. The molecule has 0 radical (unpaired) electrons. The first kappa shape index (κ1) is 24.2. The second kappa shape index (κ2) is 8.18. The monoisotopic (exact) mass is 445 g/mol. The van der Waals surface area contributed by atoms with Gasteiger partial charge >= 0.3 is 12.1 Å². The number of hydrogen-bond acceptors (Lipinski definition) is 6. The Morgan fingerprint density at radius 2 is 1.50 bits per heavy atom. The minimum Gasteiger partial charge on any atom is -0.460 e. The van der Waals surface area contributed by atoms with E-state index in [4.69, 9.17) is 14.2 Å². The van der Waals surface area contributed by atoms with E-state index < -0.39 is 52.8 Å². The first-order valence-corrected chi connectivity index (χ1v) is 11.1. The van der Waals surface area contributed by atoms with Crippen LogP contribution in [0.1, 0.15) is 65.7 Å². The van der Waals surface area contributed by atoms with Crippen LogP contribution in [0.2, 0.25) is 0 Å². The van der Waals surface area contributed by atoms with Gasteiger partial charge in [0, 0.05) is 17.4 Å². The number of ether oxygens (including phenoxy) is 3. The zero-order valence-electron chi connectivity index (χ0n) is 20.3. The van der Waals surface area contributed by atoms with Gasteiger partial charge < -0.3 is 14.2 Å². The molecule has 2 fully saturated rings. The van der Waals surface area contributed by atoms with Crippen molar-refractivity contribution in [3.63, 3.8) is 0 Å². The number of amides is 1. The van der Waals surface area contributed by atoms with Crippen molar-refractivity contribution in [1.82, 2.24) is 4.90 Å². The standard InChI is InChI=1S/C25H35NO6/c1-23(2,3)31-21(28)19-17(18(19)20(27)15-12-10-9-11-13-15)16-14-30-25(7,8)26(16)22(29)32-24(4,5)6/h9-13,16-19H,14H2,1-8H3/t16-,17+,18-,19-/m0/s1. The number of carbonyl (C=O) groups excluding carboxylic acids is 3. The van der Waals surface area contributed by atoms with Gasteiger partial charge in [0.1, 0.15) is 16.9 Å². The third-order valence-electron chi connectivity index (χ3n) is 5.67. The maximum Gasteiger partial charge on any atom is 0.412 e. The normalized spacial score (nSPS) is 27.1.